The van der Waals surface area contributed by atoms with Gasteiger partial charge in [-0.2, -0.15) is 0 Å². The summed E-state index contributed by atoms with van der Waals surface area (Å²) in [7, 11) is 0. The zero-order valence-corrected chi connectivity index (χ0v) is 12.1. The smallest absolute Gasteiger partial charge is 0.255 e. The van der Waals surface area contributed by atoms with Crippen molar-refractivity contribution in [2.24, 2.45) is 5.73 Å². The summed E-state index contributed by atoms with van der Waals surface area (Å²) in [5.74, 6) is 0. The fourth-order valence-electron chi connectivity index (χ4n) is 2.83. The molecule has 1 aromatic carbocycles. The van der Waals surface area contributed by atoms with E-state index in [0.717, 1.165) is 29.3 Å². The van der Waals surface area contributed by atoms with Crippen molar-refractivity contribution >= 4 is 28.9 Å². The Balaban J connectivity index is 0.00000147. The van der Waals surface area contributed by atoms with Crippen LogP contribution in [0.4, 0.5) is 5.69 Å². The van der Waals surface area contributed by atoms with Gasteiger partial charge in [0.1, 0.15) is 0 Å². The van der Waals surface area contributed by atoms with Crippen LogP contribution in [0.5, 0.6) is 0 Å². The molecular weight excluding hydrogens is 274 g/mol. The summed E-state index contributed by atoms with van der Waals surface area (Å²) in [4.78, 5) is 14.3. The first-order valence-corrected chi connectivity index (χ1v) is 6.87. The second-order valence-electron chi connectivity index (χ2n) is 5.31. The number of hydrogen-bond acceptors (Lipinski definition) is 3. The average Bonchev–Trinajstić information content (AvgIpc) is 2.42. The van der Waals surface area contributed by atoms with E-state index in [0.29, 0.717) is 6.04 Å². The van der Waals surface area contributed by atoms with E-state index < -0.39 is 0 Å². The zero-order valence-electron chi connectivity index (χ0n) is 11.3. The van der Waals surface area contributed by atoms with E-state index in [-0.39, 0.29) is 24.0 Å². The number of benzene rings is 1. The summed E-state index contributed by atoms with van der Waals surface area (Å²) in [5, 5.41) is 5.18. The van der Waals surface area contributed by atoms with Crippen molar-refractivity contribution in [2.45, 2.75) is 37.8 Å². The van der Waals surface area contributed by atoms with Gasteiger partial charge in [-0.25, -0.2) is 0 Å². The van der Waals surface area contributed by atoms with Gasteiger partial charge in [0.15, 0.2) is 0 Å². The summed E-state index contributed by atoms with van der Waals surface area (Å²) in [6.07, 6.45) is 6.35. The average molecular weight is 294 g/mol. The topological polar surface area (TPSA) is 70.9 Å². The molecule has 1 aliphatic rings. The molecule has 2 aromatic rings. The van der Waals surface area contributed by atoms with Gasteiger partial charge < -0.3 is 16.0 Å². The first-order valence-electron chi connectivity index (χ1n) is 6.87. The molecule has 0 amide bonds. The molecule has 5 heteroatoms. The summed E-state index contributed by atoms with van der Waals surface area (Å²) < 4.78 is 0. The molecule has 108 valence electrons. The van der Waals surface area contributed by atoms with Crippen LogP contribution >= 0.6 is 12.4 Å². The fourth-order valence-corrected chi connectivity index (χ4v) is 2.83. The van der Waals surface area contributed by atoms with Gasteiger partial charge in [0.05, 0.1) is 0 Å². The molecule has 0 unspecified atom stereocenters. The number of aromatic amines is 1. The number of nitrogens with two attached hydrogens (primary N) is 1. The van der Waals surface area contributed by atoms with Crippen molar-refractivity contribution in [3.05, 3.63) is 40.8 Å². The van der Waals surface area contributed by atoms with Gasteiger partial charge in [0, 0.05) is 29.4 Å². The number of anilines is 1. The Labute approximate surface area is 124 Å². The van der Waals surface area contributed by atoms with Gasteiger partial charge in [0.2, 0.25) is 0 Å². The standard InChI is InChI=1S/C15H19N3O.ClH/c16-13-3-1-2-4-14(13)18-11-5-6-12-10(9-11)7-8-17-15(12)19;/h5-9,13-14,18H,1-4,16H2,(H,17,19);1H/t13-,14+;/m0./s1. The lowest BCUT2D eigenvalue weighted by Crippen LogP contribution is -2.42. The van der Waals surface area contributed by atoms with Crippen LogP contribution in [0.3, 0.4) is 0 Å². The molecule has 1 fully saturated rings. The Kier molecular flexibility index (Phi) is 4.68. The number of rotatable bonds is 2. The Morgan fingerprint density at radius 3 is 2.80 bits per heavy atom. The molecule has 0 bridgehead atoms. The number of H-pyrrole nitrogens is 1. The molecule has 0 spiro atoms. The predicted octanol–water partition coefficient (Wildman–Crippen LogP) is 2.63. The molecule has 0 radical (unpaired) electrons. The molecule has 20 heavy (non-hydrogen) atoms. The molecule has 4 nitrogen and oxygen atoms in total. The quantitative estimate of drug-likeness (QED) is 0.797. The van der Waals surface area contributed by atoms with Crippen molar-refractivity contribution in [2.75, 3.05) is 5.32 Å². The third-order valence-corrected chi connectivity index (χ3v) is 3.94. The van der Waals surface area contributed by atoms with E-state index in [1.807, 2.05) is 24.3 Å². The molecule has 1 aromatic heterocycles. The van der Waals surface area contributed by atoms with E-state index in [1.165, 1.54) is 12.8 Å². The van der Waals surface area contributed by atoms with Crippen LogP contribution in [-0.4, -0.2) is 17.1 Å². The third kappa shape index (κ3) is 2.97. The second-order valence-corrected chi connectivity index (χ2v) is 5.31. The van der Waals surface area contributed by atoms with E-state index in [9.17, 15) is 4.79 Å². The maximum atomic E-state index is 11.6. The summed E-state index contributed by atoms with van der Waals surface area (Å²) in [5.41, 5.74) is 7.15. The van der Waals surface area contributed by atoms with E-state index in [2.05, 4.69) is 10.3 Å². The number of hydrogen-bond donors (Lipinski definition) is 3. The van der Waals surface area contributed by atoms with Crippen molar-refractivity contribution in [3.63, 3.8) is 0 Å². The normalized spacial score (nSPS) is 22.2. The van der Waals surface area contributed by atoms with Crippen LogP contribution in [0, 0.1) is 0 Å². The molecule has 3 rings (SSSR count). The highest BCUT2D eigenvalue weighted by Gasteiger charge is 2.21. The Morgan fingerprint density at radius 1 is 1.20 bits per heavy atom. The SMILES string of the molecule is Cl.N[C@H]1CCCC[C@H]1Nc1ccc2c(=O)[nH]ccc2c1. The second kappa shape index (κ2) is 6.29. The van der Waals surface area contributed by atoms with Crippen LogP contribution in [0.15, 0.2) is 35.3 Å². The predicted molar refractivity (Wildman–Crippen MR) is 85.7 cm³/mol. The van der Waals surface area contributed by atoms with E-state index >= 15 is 0 Å². The van der Waals surface area contributed by atoms with Crippen molar-refractivity contribution in [1.29, 1.82) is 0 Å². The minimum absolute atomic E-state index is 0. The Bertz CT molecular complexity index is 640. The van der Waals surface area contributed by atoms with Gasteiger partial charge >= 0.3 is 0 Å². The zero-order chi connectivity index (χ0) is 13.2. The molecule has 1 saturated carbocycles. The third-order valence-electron chi connectivity index (χ3n) is 3.94. The highest BCUT2D eigenvalue weighted by Crippen LogP contribution is 2.22. The molecule has 1 aliphatic carbocycles. The minimum atomic E-state index is -0.0431. The van der Waals surface area contributed by atoms with Crippen LogP contribution in [0.25, 0.3) is 10.8 Å². The number of pyridine rings is 1. The van der Waals surface area contributed by atoms with Crippen LogP contribution in [0.1, 0.15) is 25.7 Å². The summed E-state index contributed by atoms with van der Waals surface area (Å²) >= 11 is 0. The lowest BCUT2D eigenvalue weighted by Gasteiger charge is -2.30. The highest BCUT2D eigenvalue weighted by molar-refractivity contribution is 5.85. The van der Waals surface area contributed by atoms with Crippen LogP contribution in [-0.2, 0) is 0 Å². The van der Waals surface area contributed by atoms with Crippen molar-refractivity contribution in [3.8, 4) is 0 Å². The maximum absolute atomic E-state index is 11.6. The van der Waals surface area contributed by atoms with Crippen LogP contribution < -0.4 is 16.6 Å². The molecule has 0 aliphatic heterocycles. The number of nitrogens with one attached hydrogen (secondary N) is 2. The Hall–Kier alpha value is -1.52. The van der Waals surface area contributed by atoms with Crippen molar-refractivity contribution < 1.29 is 0 Å². The molecule has 2 atom stereocenters. The van der Waals surface area contributed by atoms with Gasteiger partial charge in [-0.15, -0.1) is 12.4 Å². The molecule has 0 saturated heterocycles. The first kappa shape index (κ1) is 14.9. The van der Waals surface area contributed by atoms with Gasteiger partial charge in [-0.05, 0) is 42.5 Å². The number of halogens is 1. The first-order chi connectivity index (χ1) is 9.24. The fraction of sp³-hybridized carbons (Fsp3) is 0.400. The summed E-state index contributed by atoms with van der Waals surface area (Å²) in [6, 6.07) is 8.33. The van der Waals surface area contributed by atoms with E-state index in [4.69, 9.17) is 5.73 Å². The molecular formula is C15H20ClN3O. The number of aromatic nitrogens is 1. The van der Waals surface area contributed by atoms with Crippen molar-refractivity contribution in [1.82, 2.24) is 4.98 Å². The van der Waals surface area contributed by atoms with Gasteiger partial charge in [-0.1, -0.05) is 12.8 Å². The maximum Gasteiger partial charge on any atom is 0.255 e. The highest BCUT2D eigenvalue weighted by atomic mass is 35.5. The lowest BCUT2D eigenvalue weighted by molar-refractivity contribution is 0.404. The van der Waals surface area contributed by atoms with Crippen LogP contribution in [0.2, 0.25) is 0 Å². The monoisotopic (exact) mass is 293 g/mol. The van der Waals surface area contributed by atoms with Gasteiger partial charge in [-0.3, -0.25) is 4.79 Å². The molecule has 4 N–H and O–H groups in total. The lowest BCUT2D eigenvalue weighted by atomic mass is 9.91. The summed E-state index contributed by atoms with van der Waals surface area (Å²) in [6.45, 7) is 0. The van der Waals surface area contributed by atoms with Gasteiger partial charge in [0.25, 0.3) is 5.56 Å². The van der Waals surface area contributed by atoms with E-state index in [1.54, 1.807) is 6.20 Å². The Morgan fingerprint density at radius 2 is 2.00 bits per heavy atom. The molecule has 1 heterocycles. The number of fused-ring (bicyclic) bond motifs is 1. The minimum Gasteiger partial charge on any atom is -0.381 e. The largest absolute Gasteiger partial charge is 0.381 e.